The molecule has 1 aromatic carbocycles. The number of alkyl halides is 2. The lowest BCUT2D eigenvalue weighted by atomic mass is 9.77. The number of methoxy groups -OCH3 is 1. The summed E-state index contributed by atoms with van der Waals surface area (Å²) in [6.45, 7) is 0.889. The Morgan fingerprint density at radius 2 is 1.79 bits per heavy atom. The fraction of sp³-hybridized carbons (Fsp3) is 0.500. The third kappa shape index (κ3) is 5.88. The van der Waals surface area contributed by atoms with Crippen molar-refractivity contribution in [3.05, 3.63) is 59.5 Å². The number of halogens is 2. The SMILES string of the molecule is COC(=O)C1(c2ccc3[nH]c(C(NC(=O)OCc4ccccc4)C4CCC(F)(F)CC4)nc3n2)CCOCC1. The highest BCUT2D eigenvalue weighted by Crippen LogP contribution is 2.41. The molecule has 0 spiro atoms. The number of fused-ring (bicyclic) bond motifs is 1. The molecule has 1 aliphatic heterocycles. The summed E-state index contributed by atoms with van der Waals surface area (Å²) in [7, 11) is 1.35. The average Bonchev–Trinajstić information content (AvgIpc) is 3.39. The Balaban J connectivity index is 1.41. The average molecular weight is 543 g/mol. The molecule has 1 unspecified atom stereocenters. The predicted molar refractivity (Wildman–Crippen MR) is 137 cm³/mol. The Hall–Kier alpha value is -3.60. The van der Waals surface area contributed by atoms with Crippen LogP contribution in [0.4, 0.5) is 13.6 Å². The van der Waals surface area contributed by atoms with Gasteiger partial charge >= 0.3 is 12.1 Å². The van der Waals surface area contributed by atoms with Gasteiger partial charge in [-0.15, -0.1) is 0 Å². The maximum absolute atomic E-state index is 13.9. The predicted octanol–water partition coefficient (Wildman–Crippen LogP) is 4.97. The molecule has 1 atom stereocenters. The number of imidazole rings is 1. The number of nitrogens with one attached hydrogen (secondary N) is 2. The van der Waals surface area contributed by atoms with Crippen LogP contribution in [0.2, 0.25) is 0 Å². The van der Waals surface area contributed by atoms with Gasteiger partial charge in [0.2, 0.25) is 5.92 Å². The van der Waals surface area contributed by atoms with Gasteiger partial charge in [0.25, 0.3) is 0 Å². The fourth-order valence-electron chi connectivity index (χ4n) is 5.50. The van der Waals surface area contributed by atoms with E-state index in [-0.39, 0.29) is 44.2 Å². The minimum absolute atomic E-state index is 0.0759. The van der Waals surface area contributed by atoms with E-state index in [9.17, 15) is 18.4 Å². The molecule has 3 aromatic rings. The second-order valence-corrected chi connectivity index (χ2v) is 10.3. The van der Waals surface area contributed by atoms with E-state index >= 15 is 0 Å². The summed E-state index contributed by atoms with van der Waals surface area (Å²) in [6.07, 6.45) is 0.118. The van der Waals surface area contributed by atoms with Crippen LogP contribution in [0.15, 0.2) is 42.5 Å². The number of hydrogen-bond donors (Lipinski definition) is 2. The molecule has 9 nitrogen and oxygen atoms in total. The minimum atomic E-state index is -2.72. The Bertz CT molecular complexity index is 1300. The summed E-state index contributed by atoms with van der Waals surface area (Å²) in [5.41, 5.74) is 1.39. The molecular weight excluding hydrogens is 510 g/mol. The van der Waals surface area contributed by atoms with Crippen molar-refractivity contribution in [2.45, 2.75) is 62.5 Å². The molecule has 0 radical (unpaired) electrons. The zero-order valence-corrected chi connectivity index (χ0v) is 21.8. The summed E-state index contributed by atoms with van der Waals surface area (Å²) in [4.78, 5) is 38.2. The zero-order valence-electron chi connectivity index (χ0n) is 21.8. The smallest absolute Gasteiger partial charge is 0.408 e. The summed E-state index contributed by atoms with van der Waals surface area (Å²) in [6, 6.07) is 12.1. The number of ether oxygens (including phenoxy) is 3. The number of carbonyl (C=O) groups is 2. The van der Waals surface area contributed by atoms with Crippen molar-refractivity contribution >= 4 is 23.2 Å². The van der Waals surface area contributed by atoms with E-state index in [1.807, 2.05) is 30.3 Å². The summed E-state index contributed by atoms with van der Waals surface area (Å²) in [5, 5.41) is 2.86. The molecule has 2 N–H and O–H groups in total. The molecule has 0 bridgehead atoms. The maximum atomic E-state index is 13.9. The summed E-state index contributed by atoms with van der Waals surface area (Å²) in [5.74, 6) is -2.96. The Kier molecular flexibility index (Phi) is 7.79. The molecule has 5 rings (SSSR count). The molecule has 2 aromatic heterocycles. The van der Waals surface area contributed by atoms with E-state index in [1.165, 1.54) is 7.11 Å². The number of alkyl carbamates (subject to hydrolysis) is 1. The normalized spacial score (nSPS) is 19.8. The first-order valence-electron chi connectivity index (χ1n) is 13.2. The van der Waals surface area contributed by atoms with Crippen molar-refractivity contribution in [2.24, 2.45) is 5.92 Å². The maximum Gasteiger partial charge on any atom is 0.408 e. The van der Waals surface area contributed by atoms with Crippen molar-refractivity contribution in [2.75, 3.05) is 20.3 Å². The van der Waals surface area contributed by atoms with Crippen molar-refractivity contribution in [3.63, 3.8) is 0 Å². The molecule has 1 saturated carbocycles. The zero-order chi connectivity index (χ0) is 27.5. The van der Waals surface area contributed by atoms with Crippen molar-refractivity contribution in [3.8, 4) is 0 Å². The van der Waals surface area contributed by atoms with Crippen LogP contribution in [-0.2, 0) is 31.0 Å². The molecular formula is C28H32F2N4O5. The van der Waals surface area contributed by atoms with E-state index in [4.69, 9.17) is 19.2 Å². The molecule has 3 heterocycles. The van der Waals surface area contributed by atoms with Gasteiger partial charge in [0, 0.05) is 26.1 Å². The van der Waals surface area contributed by atoms with Gasteiger partial charge in [-0.2, -0.15) is 0 Å². The fourth-order valence-corrected chi connectivity index (χ4v) is 5.50. The quantitative estimate of drug-likeness (QED) is 0.405. The standard InChI is InChI=1S/C28H32F2N4O5/c1-37-25(35)27(13-15-38-16-14-27)21-8-7-20-23(32-21)34-24(31-20)22(19-9-11-28(29,30)12-10-19)33-26(36)39-17-18-5-3-2-4-6-18/h2-8,19,22H,9-17H2,1H3,(H,33,36)(H,31,32,34). The van der Waals surface area contributed by atoms with Crippen molar-refractivity contribution in [1.29, 1.82) is 0 Å². The van der Waals surface area contributed by atoms with Crippen LogP contribution < -0.4 is 5.32 Å². The number of H-pyrrole nitrogens is 1. The van der Waals surface area contributed by atoms with Crippen LogP contribution in [-0.4, -0.2) is 53.3 Å². The molecule has 39 heavy (non-hydrogen) atoms. The van der Waals surface area contributed by atoms with E-state index < -0.39 is 23.5 Å². The number of aromatic amines is 1. The lowest BCUT2D eigenvalue weighted by molar-refractivity contribution is -0.151. The number of hydrogen-bond acceptors (Lipinski definition) is 7. The third-order valence-corrected chi connectivity index (χ3v) is 7.79. The third-order valence-electron chi connectivity index (χ3n) is 7.79. The number of aromatic nitrogens is 3. The first-order valence-corrected chi connectivity index (χ1v) is 13.2. The Labute approximate surface area is 224 Å². The van der Waals surface area contributed by atoms with Gasteiger partial charge in [-0.05, 0) is 49.3 Å². The summed E-state index contributed by atoms with van der Waals surface area (Å²) >= 11 is 0. The molecule has 1 amide bonds. The van der Waals surface area contributed by atoms with Gasteiger partial charge in [-0.3, -0.25) is 4.79 Å². The number of nitrogens with zero attached hydrogens (tertiary/aromatic N) is 2. The van der Waals surface area contributed by atoms with Crippen LogP contribution in [0.3, 0.4) is 0 Å². The van der Waals surface area contributed by atoms with Gasteiger partial charge in [0.05, 0.1) is 24.4 Å². The summed E-state index contributed by atoms with van der Waals surface area (Å²) < 4.78 is 43.9. The van der Waals surface area contributed by atoms with Crippen molar-refractivity contribution < 1.29 is 32.6 Å². The number of rotatable bonds is 7. The lowest BCUT2D eigenvalue weighted by Crippen LogP contribution is -2.42. The minimum Gasteiger partial charge on any atom is -0.468 e. The molecule has 11 heteroatoms. The molecule has 2 fully saturated rings. The van der Waals surface area contributed by atoms with Crippen LogP contribution in [0.1, 0.15) is 61.6 Å². The first kappa shape index (κ1) is 27.0. The van der Waals surface area contributed by atoms with Gasteiger partial charge in [-0.25, -0.2) is 23.5 Å². The van der Waals surface area contributed by atoms with Crippen molar-refractivity contribution in [1.82, 2.24) is 20.3 Å². The number of carbonyl (C=O) groups excluding carboxylic acids is 2. The van der Waals surface area contributed by atoms with Gasteiger partial charge in [-0.1, -0.05) is 30.3 Å². The molecule has 1 aliphatic carbocycles. The Morgan fingerprint density at radius 1 is 1.08 bits per heavy atom. The van der Waals surface area contributed by atoms with E-state index in [0.717, 1.165) is 5.56 Å². The lowest BCUT2D eigenvalue weighted by Gasteiger charge is -2.33. The van der Waals surface area contributed by atoms with Crippen LogP contribution in [0.5, 0.6) is 0 Å². The van der Waals surface area contributed by atoms with Crippen LogP contribution >= 0.6 is 0 Å². The second kappa shape index (κ2) is 11.3. The van der Waals surface area contributed by atoms with Gasteiger partial charge in [0.15, 0.2) is 5.65 Å². The largest absolute Gasteiger partial charge is 0.468 e. The monoisotopic (exact) mass is 542 g/mol. The molecule has 2 aliphatic rings. The van der Waals surface area contributed by atoms with Crippen LogP contribution in [0.25, 0.3) is 11.2 Å². The first-order chi connectivity index (χ1) is 18.8. The number of pyridine rings is 1. The molecule has 208 valence electrons. The number of benzene rings is 1. The number of amides is 1. The van der Waals surface area contributed by atoms with E-state index in [1.54, 1.807) is 12.1 Å². The Morgan fingerprint density at radius 3 is 2.49 bits per heavy atom. The van der Waals surface area contributed by atoms with E-state index in [2.05, 4.69) is 15.3 Å². The topological polar surface area (TPSA) is 115 Å². The highest BCUT2D eigenvalue weighted by Gasteiger charge is 2.45. The number of esters is 1. The van der Waals surface area contributed by atoms with E-state index in [0.29, 0.717) is 48.7 Å². The van der Waals surface area contributed by atoms with Crippen LogP contribution in [0, 0.1) is 5.92 Å². The second-order valence-electron chi connectivity index (χ2n) is 10.3. The van der Waals surface area contributed by atoms with Gasteiger partial charge in [0.1, 0.15) is 17.8 Å². The highest BCUT2D eigenvalue weighted by atomic mass is 19.3. The highest BCUT2D eigenvalue weighted by molar-refractivity contribution is 5.84. The molecule has 1 saturated heterocycles. The van der Waals surface area contributed by atoms with Gasteiger partial charge < -0.3 is 24.5 Å².